The molecule has 1 saturated heterocycles. The van der Waals surface area contributed by atoms with Crippen molar-refractivity contribution >= 4 is 48.1 Å². The van der Waals surface area contributed by atoms with Crippen LogP contribution in [-0.2, 0) is 14.3 Å². The maximum Gasteiger partial charge on any atom is 0.243 e. The summed E-state index contributed by atoms with van der Waals surface area (Å²) in [4.78, 5) is 30.3. The average Bonchev–Trinajstić information content (AvgIpc) is 2.60. The van der Waals surface area contributed by atoms with E-state index in [4.69, 9.17) is 10.5 Å². The Bertz CT molecular complexity index is 583. The van der Waals surface area contributed by atoms with Crippen molar-refractivity contribution < 1.29 is 14.3 Å². The van der Waals surface area contributed by atoms with E-state index in [9.17, 15) is 9.59 Å². The monoisotopic (exact) mass is 407 g/mol. The average molecular weight is 408 g/mol. The Morgan fingerprint density at radius 3 is 2.58 bits per heavy atom. The highest BCUT2D eigenvalue weighted by Gasteiger charge is 2.19. The molecule has 1 aromatic rings. The smallest absolute Gasteiger partial charge is 0.243 e. The minimum atomic E-state index is -0.625. The molecule has 10 heteroatoms. The molecular formula is C16H27Cl2N5O3. The Labute approximate surface area is 166 Å². The molecule has 1 atom stereocenters. The van der Waals surface area contributed by atoms with Gasteiger partial charge in [0.2, 0.25) is 11.8 Å². The van der Waals surface area contributed by atoms with Crippen LogP contribution in [0.2, 0.25) is 0 Å². The van der Waals surface area contributed by atoms with E-state index >= 15 is 0 Å². The van der Waals surface area contributed by atoms with Crippen molar-refractivity contribution in [3.05, 3.63) is 18.3 Å². The molecule has 26 heavy (non-hydrogen) atoms. The summed E-state index contributed by atoms with van der Waals surface area (Å²) < 4.78 is 5.33. The maximum absolute atomic E-state index is 12.1. The highest BCUT2D eigenvalue weighted by atomic mass is 35.5. The van der Waals surface area contributed by atoms with E-state index in [1.54, 1.807) is 18.3 Å². The molecular weight excluding hydrogens is 381 g/mol. The number of hydrogen-bond donors (Lipinski definition) is 3. The quantitative estimate of drug-likeness (QED) is 0.643. The molecule has 1 aliphatic rings. The number of carbonyl (C=O) groups is 2. The molecule has 1 aromatic heterocycles. The number of hydrogen-bond acceptors (Lipinski definition) is 6. The van der Waals surface area contributed by atoms with E-state index in [1.807, 2.05) is 13.8 Å². The van der Waals surface area contributed by atoms with Gasteiger partial charge in [-0.1, -0.05) is 13.8 Å². The summed E-state index contributed by atoms with van der Waals surface area (Å²) in [6.07, 6.45) is 1.68. The first-order valence-electron chi connectivity index (χ1n) is 8.10. The van der Waals surface area contributed by atoms with Crippen molar-refractivity contribution in [2.24, 2.45) is 11.7 Å². The van der Waals surface area contributed by atoms with Crippen LogP contribution in [0, 0.1) is 5.92 Å². The summed E-state index contributed by atoms with van der Waals surface area (Å²) >= 11 is 0. The first kappa shape index (κ1) is 24.4. The minimum absolute atomic E-state index is 0. The SMILES string of the molecule is CC(C)[C@H](N)C(=O)NCC(=O)Nc1cccnc1N1CCOCC1.Cl.Cl. The van der Waals surface area contributed by atoms with E-state index in [2.05, 4.69) is 20.5 Å². The van der Waals surface area contributed by atoms with Crippen LogP contribution in [0.3, 0.4) is 0 Å². The number of anilines is 2. The fourth-order valence-corrected chi connectivity index (χ4v) is 2.30. The second-order valence-corrected chi connectivity index (χ2v) is 6.01. The fourth-order valence-electron chi connectivity index (χ4n) is 2.30. The first-order valence-corrected chi connectivity index (χ1v) is 8.10. The van der Waals surface area contributed by atoms with Gasteiger partial charge >= 0.3 is 0 Å². The van der Waals surface area contributed by atoms with Crippen LogP contribution in [0.15, 0.2) is 18.3 Å². The number of morpholine rings is 1. The van der Waals surface area contributed by atoms with Gasteiger partial charge in [-0.05, 0) is 18.1 Å². The van der Waals surface area contributed by atoms with E-state index < -0.39 is 6.04 Å². The Kier molecular flexibility index (Phi) is 11.2. The lowest BCUT2D eigenvalue weighted by Gasteiger charge is -2.29. The fraction of sp³-hybridized carbons (Fsp3) is 0.562. The topological polar surface area (TPSA) is 110 Å². The van der Waals surface area contributed by atoms with Crippen LogP contribution < -0.4 is 21.3 Å². The molecule has 8 nitrogen and oxygen atoms in total. The van der Waals surface area contributed by atoms with Gasteiger partial charge in [0.15, 0.2) is 5.82 Å². The van der Waals surface area contributed by atoms with Gasteiger partial charge in [-0.25, -0.2) is 4.98 Å². The van der Waals surface area contributed by atoms with Gasteiger partial charge in [0.25, 0.3) is 0 Å². The third kappa shape index (κ3) is 6.95. The van der Waals surface area contributed by atoms with Crippen LogP contribution in [0.4, 0.5) is 11.5 Å². The molecule has 4 N–H and O–H groups in total. The van der Waals surface area contributed by atoms with E-state index in [0.717, 1.165) is 13.1 Å². The van der Waals surface area contributed by atoms with Gasteiger partial charge in [0, 0.05) is 19.3 Å². The van der Waals surface area contributed by atoms with Gasteiger partial charge in [0.1, 0.15) is 0 Å². The molecule has 0 spiro atoms. The molecule has 2 heterocycles. The van der Waals surface area contributed by atoms with Crippen molar-refractivity contribution in [2.45, 2.75) is 19.9 Å². The van der Waals surface area contributed by atoms with Crippen LogP contribution in [0.1, 0.15) is 13.8 Å². The van der Waals surface area contributed by atoms with Gasteiger partial charge in [0.05, 0.1) is 31.5 Å². The number of halogens is 2. The number of nitrogens with two attached hydrogens (primary N) is 1. The molecule has 1 fully saturated rings. The van der Waals surface area contributed by atoms with Gasteiger partial charge in [-0.3, -0.25) is 9.59 Å². The lowest BCUT2D eigenvalue weighted by molar-refractivity contribution is -0.125. The molecule has 1 aliphatic heterocycles. The Balaban J connectivity index is 0.00000312. The molecule has 0 bridgehead atoms. The number of nitrogens with one attached hydrogen (secondary N) is 2. The zero-order valence-corrected chi connectivity index (χ0v) is 16.6. The van der Waals surface area contributed by atoms with E-state index in [-0.39, 0.29) is 49.1 Å². The Morgan fingerprint density at radius 2 is 1.96 bits per heavy atom. The normalized spacial score (nSPS) is 14.7. The Hall–Kier alpha value is -1.61. The highest BCUT2D eigenvalue weighted by Crippen LogP contribution is 2.23. The molecule has 148 valence electrons. The zero-order valence-electron chi connectivity index (χ0n) is 14.9. The number of rotatable bonds is 6. The summed E-state index contributed by atoms with van der Waals surface area (Å²) in [5.74, 6) is 0.0696. The van der Waals surface area contributed by atoms with E-state index in [1.165, 1.54) is 0 Å². The van der Waals surface area contributed by atoms with Crippen LogP contribution in [0.5, 0.6) is 0 Å². The molecule has 0 saturated carbocycles. The lowest BCUT2D eigenvalue weighted by Crippen LogP contribution is -2.46. The Morgan fingerprint density at radius 1 is 1.31 bits per heavy atom. The molecule has 2 amide bonds. The maximum atomic E-state index is 12.1. The minimum Gasteiger partial charge on any atom is -0.378 e. The third-order valence-corrected chi connectivity index (χ3v) is 3.82. The van der Waals surface area contributed by atoms with Crippen molar-refractivity contribution in [1.82, 2.24) is 10.3 Å². The second kappa shape index (κ2) is 11.9. The van der Waals surface area contributed by atoms with Gasteiger partial charge < -0.3 is 26.0 Å². The van der Waals surface area contributed by atoms with Crippen molar-refractivity contribution in [2.75, 3.05) is 43.1 Å². The van der Waals surface area contributed by atoms with Crippen LogP contribution in [0.25, 0.3) is 0 Å². The summed E-state index contributed by atoms with van der Waals surface area (Å²) in [6.45, 7) is 6.29. The number of aromatic nitrogens is 1. The second-order valence-electron chi connectivity index (χ2n) is 6.01. The predicted octanol–water partition coefficient (Wildman–Crippen LogP) is 0.800. The molecule has 0 radical (unpaired) electrons. The number of ether oxygens (including phenoxy) is 1. The molecule has 2 rings (SSSR count). The van der Waals surface area contributed by atoms with E-state index in [0.29, 0.717) is 24.7 Å². The van der Waals surface area contributed by atoms with Crippen LogP contribution >= 0.6 is 24.8 Å². The number of pyridine rings is 1. The summed E-state index contributed by atoms with van der Waals surface area (Å²) in [6, 6.07) is 2.92. The van der Waals surface area contributed by atoms with Crippen molar-refractivity contribution in [3.8, 4) is 0 Å². The number of amides is 2. The largest absolute Gasteiger partial charge is 0.378 e. The highest BCUT2D eigenvalue weighted by molar-refractivity contribution is 5.97. The summed E-state index contributed by atoms with van der Waals surface area (Å²) in [5, 5.41) is 5.34. The molecule has 0 aliphatic carbocycles. The van der Waals surface area contributed by atoms with Gasteiger partial charge in [-0.2, -0.15) is 0 Å². The number of nitrogens with zero attached hydrogens (tertiary/aromatic N) is 2. The standard InChI is InChI=1S/C16H25N5O3.2ClH/c1-11(2)14(17)16(23)19-10-13(22)20-12-4-3-5-18-15(12)21-6-8-24-9-7-21;;/h3-5,11,14H,6-10,17H2,1-2H3,(H,19,23)(H,20,22);2*1H/t14-;;/m0../s1. The lowest BCUT2D eigenvalue weighted by atomic mass is 10.1. The van der Waals surface area contributed by atoms with Crippen molar-refractivity contribution in [1.29, 1.82) is 0 Å². The number of carbonyl (C=O) groups excluding carboxylic acids is 2. The van der Waals surface area contributed by atoms with Crippen LogP contribution in [-0.4, -0.2) is 55.7 Å². The molecule has 0 unspecified atom stereocenters. The first-order chi connectivity index (χ1) is 11.5. The summed E-state index contributed by atoms with van der Waals surface area (Å²) in [7, 11) is 0. The summed E-state index contributed by atoms with van der Waals surface area (Å²) in [5.41, 5.74) is 6.37. The third-order valence-electron chi connectivity index (χ3n) is 3.82. The zero-order chi connectivity index (χ0) is 17.5. The van der Waals surface area contributed by atoms with Crippen molar-refractivity contribution in [3.63, 3.8) is 0 Å². The van der Waals surface area contributed by atoms with Gasteiger partial charge in [-0.15, -0.1) is 24.8 Å². The molecule has 0 aromatic carbocycles. The predicted molar refractivity (Wildman–Crippen MR) is 106 cm³/mol.